The number of carbonyl (C=O) groups is 1. The van der Waals surface area contributed by atoms with E-state index >= 15 is 0 Å². The van der Waals surface area contributed by atoms with Gasteiger partial charge in [-0.3, -0.25) is 19.6 Å². The molecule has 1 amide bonds. The number of piperidine rings is 2. The summed E-state index contributed by atoms with van der Waals surface area (Å²) >= 11 is 0. The zero-order chi connectivity index (χ0) is 20.1. The van der Waals surface area contributed by atoms with Crippen molar-refractivity contribution in [3.63, 3.8) is 0 Å². The molecular formula is C22H32N6O. The lowest BCUT2D eigenvalue weighted by molar-refractivity contribution is -0.127. The largest absolute Gasteiger partial charge is 0.352 e. The fraction of sp³-hybridized carbons (Fsp3) is 0.591. The zero-order valence-corrected chi connectivity index (χ0v) is 17.3. The summed E-state index contributed by atoms with van der Waals surface area (Å²) in [4.78, 5) is 29.5. The van der Waals surface area contributed by atoms with Gasteiger partial charge in [0.15, 0.2) is 0 Å². The maximum absolute atomic E-state index is 12.7. The van der Waals surface area contributed by atoms with E-state index < -0.39 is 0 Å². The van der Waals surface area contributed by atoms with Crippen molar-refractivity contribution < 1.29 is 4.79 Å². The third-order valence-corrected chi connectivity index (χ3v) is 6.39. The van der Waals surface area contributed by atoms with Crippen LogP contribution in [0.15, 0.2) is 30.9 Å². The summed E-state index contributed by atoms with van der Waals surface area (Å²) in [5.74, 6) is 0.287. The molecule has 2 N–H and O–H groups in total. The van der Waals surface area contributed by atoms with Gasteiger partial charge >= 0.3 is 0 Å². The lowest BCUT2D eigenvalue weighted by Crippen LogP contribution is -2.50. The SMILES string of the molecule is Cc1[nH]cnc1CN1CCC(N2CCC[C@@H](C(=O)NCc3cccnc3)C2)CC1. The molecular weight excluding hydrogens is 364 g/mol. The predicted molar refractivity (Wildman–Crippen MR) is 112 cm³/mol. The zero-order valence-electron chi connectivity index (χ0n) is 17.3. The van der Waals surface area contributed by atoms with Gasteiger partial charge in [0.1, 0.15) is 0 Å². The second kappa shape index (κ2) is 9.50. The van der Waals surface area contributed by atoms with E-state index in [1.54, 1.807) is 12.5 Å². The molecule has 2 aliphatic heterocycles. The van der Waals surface area contributed by atoms with Crippen LogP contribution in [0.3, 0.4) is 0 Å². The third-order valence-electron chi connectivity index (χ3n) is 6.39. The molecule has 0 unspecified atom stereocenters. The average molecular weight is 397 g/mol. The molecule has 2 aromatic rings. The first-order valence-corrected chi connectivity index (χ1v) is 10.8. The van der Waals surface area contributed by atoms with Crippen LogP contribution in [-0.2, 0) is 17.9 Å². The minimum Gasteiger partial charge on any atom is -0.352 e. The van der Waals surface area contributed by atoms with E-state index in [0.717, 1.165) is 56.8 Å². The quantitative estimate of drug-likeness (QED) is 0.782. The van der Waals surface area contributed by atoms with Gasteiger partial charge in [0.2, 0.25) is 5.91 Å². The Hall–Kier alpha value is -2.25. The number of nitrogens with zero attached hydrogens (tertiary/aromatic N) is 4. The van der Waals surface area contributed by atoms with E-state index in [1.165, 1.54) is 18.5 Å². The van der Waals surface area contributed by atoms with Gasteiger partial charge in [-0.25, -0.2) is 4.98 Å². The van der Waals surface area contributed by atoms with E-state index in [2.05, 4.69) is 37.0 Å². The number of carbonyl (C=O) groups excluding carboxylic acids is 1. The highest BCUT2D eigenvalue weighted by atomic mass is 16.1. The van der Waals surface area contributed by atoms with Gasteiger partial charge in [-0.1, -0.05) is 6.07 Å². The second-order valence-electron chi connectivity index (χ2n) is 8.39. The van der Waals surface area contributed by atoms with Gasteiger partial charge < -0.3 is 10.3 Å². The number of pyridine rings is 1. The molecule has 0 bridgehead atoms. The lowest BCUT2D eigenvalue weighted by atomic mass is 9.93. The van der Waals surface area contributed by atoms with Crippen LogP contribution in [0.4, 0.5) is 0 Å². The summed E-state index contributed by atoms with van der Waals surface area (Å²) in [5.41, 5.74) is 3.38. The van der Waals surface area contributed by atoms with Crippen molar-refractivity contribution in [2.24, 2.45) is 5.92 Å². The molecule has 7 nitrogen and oxygen atoms in total. The number of aromatic nitrogens is 3. The van der Waals surface area contributed by atoms with E-state index in [0.29, 0.717) is 12.6 Å². The highest BCUT2D eigenvalue weighted by Gasteiger charge is 2.31. The van der Waals surface area contributed by atoms with Crippen LogP contribution in [-0.4, -0.2) is 62.9 Å². The van der Waals surface area contributed by atoms with Crippen molar-refractivity contribution in [3.05, 3.63) is 47.8 Å². The number of hydrogen-bond acceptors (Lipinski definition) is 5. The molecule has 4 heterocycles. The Morgan fingerprint density at radius 1 is 1.28 bits per heavy atom. The average Bonchev–Trinajstić information content (AvgIpc) is 3.18. The van der Waals surface area contributed by atoms with Crippen LogP contribution >= 0.6 is 0 Å². The van der Waals surface area contributed by atoms with Crippen LogP contribution in [0.5, 0.6) is 0 Å². The number of aromatic amines is 1. The molecule has 0 radical (unpaired) electrons. The van der Waals surface area contributed by atoms with Gasteiger partial charge in [-0.15, -0.1) is 0 Å². The molecule has 2 aromatic heterocycles. The van der Waals surface area contributed by atoms with Crippen molar-refractivity contribution in [2.75, 3.05) is 26.2 Å². The predicted octanol–water partition coefficient (Wildman–Crippen LogP) is 2.11. The molecule has 0 aliphatic carbocycles. The Labute approximate surface area is 172 Å². The summed E-state index contributed by atoms with van der Waals surface area (Å²) in [6, 6.07) is 4.50. The number of likely N-dealkylation sites (tertiary alicyclic amines) is 2. The molecule has 156 valence electrons. The molecule has 29 heavy (non-hydrogen) atoms. The summed E-state index contributed by atoms with van der Waals surface area (Å²) < 4.78 is 0. The van der Waals surface area contributed by atoms with E-state index in [4.69, 9.17) is 0 Å². The number of nitrogens with one attached hydrogen (secondary N) is 2. The van der Waals surface area contributed by atoms with Crippen molar-refractivity contribution in [1.29, 1.82) is 0 Å². The van der Waals surface area contributed by atoms with Gasteiger partial charge in [-0.2, -0.15) is 0 Å². The molecule has 2 saturated heterocycles. The fourth-order valence-electron chi connectivity index (χ4n) is 4.59. The number of amides is 1. The Morgan fingerprint density at radius 2 is 2.14 bits per heavy atom. The maximum atomic E-state index is 12.7. The number of H-pyrrole nitrogens is 1. The molecule has 2 fully saturated rings. The van der Waals surface area contributed by atoms with Gasteiger partial charge in [0.25, 0.3) is 0 Å². The second-order valence-corrected chi connectivity index (χ2v) is 8.39. The molecule has 4 rings (SSSR count). The smallest absolute Gasteiger partial charge is 0.224 e. The molecule has 0 saturated carbocycles. The van der Waals surface area contributed by atoms with Crippen LogP contribution in [0, 0.1) is 12.8 Å². The standard InChI is InChI=1S/C22H32N6O/c1-17-21(26-16-25-17)15-27-10-6-20(7-11-27)28-9-3-5-19(14-28)22(29)24-13-18-4-2-8-23-12-18/h2,4,8,12,16,19-20H,3,5-7,9-11,13-15H2,1H3,(H,24,29)(H,25,26)/t19-/m1/s1. The summed E-state index contributed by atoms with van der Waals surface area (Å²) in [5, 5.41) is 3.11. The van der Waals surface area contributed by atoms with Gasteiger partial charge in [0, 0.05) is 56.9 Å². The Morgan fingerprint density at radius 3 is 2.86 bits per heavy atom. The third kappa shape index (κ3) is 5.22. The number of rotatable bonds is 6. The van der Waals surface area contributed by atoms with Crippen LogP contribution in [0.2, 0.25) is 0 Å². The monoisotopic (exact) mass is 396 g/mol. The first kappa shape index (κ1) is 20.0. The Bertz CT molecular complexity index is 784. The highest BCUT2D eigenvalue weighted by Crippen LogP contribution is 2.25. The van der Waals surface area contributed by atoms with Crippen molar-refractivity contribution in [1.82, 2.24) is 30.1 Å². The van der Waals surface area contributed by atoms with Crippen LogP contribution in [0.1, 0.15) is 42.6 Å². The molecule has 0 spiro atoms. The van der Waals surface area contributed by atoms with E-state index in [-0.39, 0.29) is 11.8 Å². The lowest BCUT2D eigenvalue weighted by Gasteiger charge is -2.42. The minimum atomic E-state index is 0.102. The van der Waals surface area contributed by atoms with Crippen molar-refractivity contribution in [3.8, 4) is 0 Å². The van der Waals surface area contributed by atoms with Crippen molar-refractivity contribution in [2.45, 2.75) is 51.7 Å². The van der Waals surface area contributed by atoms with E-state index in [9.17, 15) is 4.79 Å². The summed E-state index contributed by atoms with van der Waals surface area (Å²) in [6.07, 6.45) is 9.80. The first-order chi connectivity index (χ1) is 14.2. The van der Waals surface area contributed by atoms with Crippen molar-refractivity contribution >= 4 is 5.91 Å². The van der Waals surface area contributed by atoms with Crippen LogP contribution < -0.4 is 5.32 Å². The first-order valence-electron chi connectivity index (χ1n) is 10.8. The fourth-order valence-corrected chi connectivity index (χ4v) is 4.59. The molecule has 0 aromatic carbocycles. The number of imidazole rings is 1. The van der Waals surface area contributed by atoms with Gasteiger partial charge in [0.05, 0.1) is 17.9 Å². The maximum Gasteiger partial charge on any atom is 0.224 e. The highest BCUT2D eigenvalue weighted by molar-refractivity contribution is 5.78. The Balaban J connectivity index is 1.23. The normalized spacial score (nSPS) is 21.9. The number of hydrogen-bond donors (Lipinski definition) is 2. The van der Waals surface area contributed by atoms with Crippen LogP contribution in [0.25, 0.3) is 0 Å². The topological polar surface area (TPSA) is 77.2 Å². The molecule has 7 heteroatoms. The Kier molecular flexibility index (Phi) is 6.56. The van der Waals surface area contributed by atoms with Gasteiger partial charge in [-0.05, 0) is 50.8 Å². The summed E-state index contributed by atoms with van der Waals surface area (Å²) in [6.45, 7) is 7.80. The number of aryl methyl sites for hydroxylation is 1. The minimum absolute atomic E-state index is 0.102. The van der Waals surface area contributed by atoms with E-state index in [1.807, 2.05) is 18.3 Å². The molecule has 1 atom stereocenters. The summed E-state index contributed by atoms with van der Waals surface area (Å²) in [7, 11) is 0. The molecule has 2 aliphatic rings.